The molecule has 0 fully saturated rings. The minimum absolute atomic E-state index is 0.147. The summed E-state index contributed by atoms with van der Waals surface area (Å²) in [6.45, 7) is 6.95. The van der Waals surface area contributed by atoms with E-state index in [1.165, 1.54) is 18.9 Å². The molecule has 0 saturated heterocycles. The van der Waals surface area contributed by atoms with Crippen molar-refractivity contribution >= 4 is 29.3 Å². The molecule has 1 N–H and O–H groups in total. The molecule has 34 heavy (non-hydrogen) atoms. The number of rotatable bonds is 12. The number of anilines is 1. The maximum Gasteiger partial charge on any atom is 0.337 e. The number of para-hydroxylation sites is 1. The van der Waals surface area contributed by atoms with E-state index in [9.17, 15) is 9.59 Å². The van der Waals surface area contributed by atoms with Crippen LogP contribution in [0.3, 0.4) is 0 Å². The molecule has 0 aliphatic carbocycles. The molecule has 1 amide bonds. The lowest BCUT2D eigenvalue weighted by Gasteiger charge is -2.10. The van der Waals surface area contributed by atoms with Gasteiger partial charge in [0, 0.05) is 18.7 Å². The van der Waals surface area contributed by atoms with Gasteiger partial charge in [-0.25, -0.2) is 4.79 Å². The molecule has 3 aromatic rings. The van der Waals surface area contributed by atoms with Crippen molar-refractivity contribution in [2.75, 3.05) is 24.8 Å². The fraction of sp³-hybridized carbons (Fsp3) is 0.280. The second kappa shape index (κ2) is 12.6. The van der Waals surface area contributed by atoms with Gasteiger partial charge in [0.2, 0.25) is 5.91 Å². The number of carbonyl (C=O) groups excluding carboxylic acids is 2. The lowest BCUT2D eigenvalue weighted by atomic mass is 10.2. The Morgan fingerprint density at radius 2 is 2.00 bits per heavy atom. The van der Waals surface area contributed by atoms with Crippen molar-refractivity contribution in [3.8, 4) is 5.75 Å². The zero-order valence-electron chi connectivity index (χ0n) is 19.3. The number of esters is 1. The van der Waals surface area contributed by atoms with Gasteiger partial charge in [0.25, 0.3) is 0 Å². The molecule has 9 heteroatoms. The molecule has 178 valence electrons. The molecule has 1 aromatic heterocycles. The number of ether oxygens (including phenoxy) is 2. The highest BCUT2D eigenvalue weighted by Crippen LogP contribution is 2.20. The maximum absolute atomic E-state index is 12.4. The van der Waals surface area contributed by atoms with Crippen molar-refractivity contribution in [1.82, 2.24) is 14.8 Å². The number of hydrogen-bond donors (Lipinski definition) is 1. The average Bonchev–Trinajstić information content (AvgIpc) is 3.22. The molecule has 8 nitrogen and oxygen atoms in total. The first-order chi connectivity index (χ1) is 16.5. The highest BCUT2D eigenvalue weighted by molar-refractivity contribution is 7.99. The molecule has 0 saturated carbocycles. The van der Waals surface area contributed by atoms with E-state index in [1.54, 1.807) is 30.3 Å². The third-order valence-electron chi connectivity index (χ3n) is 4.90. The van der Waals surface area contributed by atoms with Crippen LogP contribution < -0.4 is 10.1 Å². The van der Waals surface area contributed by atoms with E-state index in [0.717, 1.165) is 23.6 Å². The summed E-state index contributed by atoms with van der Waals surface area (Å²) in [7, 11) is 1.31. The molecule has 0 aliphatic rings. The quantitative estimate of drug-likeness (QED) is 0.179. The minimum atomic E-state index is -0.458. The Balaban J connectivity index is 1.53. The van der Waals surface area contributed by atoms with Crippen LogP contribution in [0.4, 0.5) is 5.69 Å². The van der Waals surface area contributed by atoms with E-state index < -0.39 is 5.97 Å². The number of thioether (sulfide) groups is 1. The first-order valence-corrected chi connectivity index (χ1v) is 11.8. The minimum Gasteiger partial charge on any atom is -0.493 e. The molecular weight excluding hydrogens is 452 g/mol. The van der Waals surface area contributed by atoms with Crippen LogP contribution in [0.25, 0.3) is 0 Å². The van der Waals surface area contributed by atoms with E-state index >= 15 is 0 Å². The monoisotopic (exact) mass is 480 g/mol. The van der Waals surface area contributed by atoms with Gasteiger partial charge in [-0.15, -0.1) is 16.8 Å². The van der Waals surface area contributed by atoms with Crippen LogP contribution >= 0.6 is 11.8 Å². The van der Waals surface area contributed by atoms with Gasteiger partial charge in [-0.3, -0.25) is 4.79 Å². The summed E-state index contributed by atoms with van der Waals surface area (Å²) < 4.78 is 12.5. The number of allylic oxidation sites excluding steroid dienone is 1. The van der Waals surface area contributed by atoms with E-state index in [1.807, 2.05) is 35.8 Å². The Bertz CT molecular complexity index is 1150. The third kappa shape index (κ3) is 6.95. The highest BCUT2D eigenvalue weighted by atomic mass is 32.2. The van der Waals surface area contributed by atoms with Gasteiger partial charge in [0.15, 0.2) is 5.16 Å². The van der Waals surface area contributed by atoms with Crippen LogP contribution in [0.1, 0.15) is 28.2 Å². The first-order valence-electron chi connectivity index (χ1n) is 10.8. The summed E-state index contributed by atoms with van der Waals surface area (Å²) in [4.78, 5) is 24.1. The van der Waals surface area contributed by atoms with Gasteiger partial charge in [-0.05, 0) is 43.2 Å². The molecule has 1 heterocycles. The molecule has 0 bridgehead atoms. The number of aromatic nitrogens is 3. The lowest BCUT2D eigenvalue weighted by Crippen LogP contribution is -2.15. The van der Waals surface area contributed by atoms with Gasteiger partial charge in [-0.2, -0.15) is 0 Å². The SMILES string of the molecule is C=CCn1c(CCCOc2ccccc2C)nnc1SCC(=O)Nc1cccc(C(=O)OC)c1. The predicted molar refractivity (Wildman–Crippen MR) is 132 cm³/mol. The van der Waals surface area contributed by atoms with Crippen LogP contribution in [-0.4, -0.2) is 46.1 Å². The zero-order valence-corrected chi connectivity index (χ0v) is 20.1. The van der Waals surface area contributed by atoms with Crippen molar-refractivity contribution in [2.45, 2.75) is 31.5 Å². The van der Waals surface area contributed by atoms with E-state index in [4.69, 9.17) is 9.47 Å². The summed E-state index contributed by atoms with van der Waals surface area (Å²) in [5.41, 5.74) is 2.00. The first kappa shape index (κ1) is 25.0. The van der Waals surface area contributed by atoms with Crippen molar-refractivity contribution in [3.05, 3.63) is 78.1 Å². The molecule has 0 spiro atoms. The Hall–Kier alpha value is -3.59. The van der Waals surface area contributed by atoms with Crippen molar-refractivity contribution in [3.63, 3.8) is 0 Å². The number of carbonyl (C=O) groups is 2. The van der Waals surface area contributed by atoms with Crippen molar-refractivity contribution < 1.29 is 19.1 Å². The fourth-order valence-corrected chi connectivity index (χ4v) is 3.99. The lowest BCUT2D eigenvalue weighted by molar-refractivity contribution is -0.113. The Kier molecular flexibility index (Phi) is 9.28. The molecule has 3 rings (SSSR count). The van der Waals surface area contributed by atoms with Gasteiger partial charge in [0.1, 0.15) is 11.6 Å². The van der Waals surface area contributed by atoms with Gasteiger partial charge in [0.05, 0.1) is 25.0 Å². The summed E-state index contributed by atoms with van der Waals surface area (Å²) in [6.07, 6.45) is 3.25. The number of methoxy groups -OCH3 is 1. The van der Waals surface area contributed by atoms with Crippen LogP contribution in [0.15, 0.2) is 66.3 Å². The summed E-state index contributed by atoms with van der Waals surface area (Å²) >= 11 is 1.29. The third-order valence-corrected chi connectivity index (χ3v) is 5.87. The highest BCUT2D eigenvalue weighted by Gasteiger charge is 2.14. The van der Waals surface area contributed by atoms with E-state index in [2.05, 4.69) is 22.1 Å². The van der Waals surface area contributed by atoms with Gasteiger partial charge in [-0.1, -0.05) is 42.1 Å². The standard InChI is InChI=1S/C25H28N4O4S/c1-4-14-29-22(13-8-15-33-21-12-6-5-9-18(21)2)27-28-25(29)34-17-23(30)26-20-11-7-10-19(16-20)24(31)32-3/h4-7,9-12,16H,1,8,13-15,17H2,2-3H3,(H,26,30). The molecule has 0 unspecified atom stereocenters. The van der Waals surface area contributed by atoms with Crippen LogP contribution in [0, 0.1) is 6.92 Å². The zero-order chi connectivity index (χ0) is 24.3. The topological polar surface area (TPSA) is 95.3 Å². The Morgan fingerprint density at radius 3 is 2.76 bits per heavy atom. The largest absolute Gasteiger partial charge is 0.493 e. The molecule has 0 aliphatic heterocycles. The fourth-order valence-electron chi connectivity index (χ4n) is 3.22. The smallest absolute Gasteiger partial charge is 0.337 e. The Labute approximate surface area is 203 Å². The van der Waals surface area contributed by atoms with Crippen LogP contribution in [0.2, 0.25) is 0 Å². The number of benzene rings is 2. The van der Waals surface area contributed by atoms with E-state index in [-0.39, 0.29) is 11.7 Å². The Morgan fingerprint density at radius 1 is 1.18 bits per heavy atom. The van der Waals surface area contributed by atoms with Crippen molar-refractivity contribution in [2.24, 2.45) is 0 Å². The summed E-state index contributed by atoms with van der Waals surface area (Å²) in [6, 6.07) is 14.5. The summed E-state index contributed by atoms with van der Waals surface area (Å²) in [5.74, 6) is 1.18. The number of aryl methyl sites for hydroxylation is 2. The van der Waals surface area contributed by atoms with Gasteiger partial charge < -0.3 is 19.4 Å². The normalized spacial score (nSPS) is 10.5. The summed E-state index contributed by atoms with van der Waals surface area (Å²) in [5, 5.41) is 12.0. The second-order valence-electron chi connectivity index (χ2n) is 7.42. The number of hydrogen-bond acceptors (Lipinski definition) is 7. The number of amides is 1. The molecule has 0 atom stereocenters. The molecule has 0 radical (unpaired) electrons. The predicted octanol–water partition coefficient (Wildman–Crippen LogP) is 4.30. The maximum atomic E-state index is 12.4. The second-order valence-corrected chi connectivity index (χ2v) is 8.37. The van der Waals surface area contributed by atoms with Crippen molar-refractivity contribution in [1.29, 1.82) is 0 Å². The number of nitrogens with zero attached hydrogens (tertiary/aromatic N) is 3. The van der Waals surface area contributed by atoms with Crippen LogP contribution in [0.5, 0.6) is 5.75 Å². The molecule has 2 aromatic carbocycles. The van der Waals surface area contributed by atoms with E-state index in [0.29, 0.717) is 36.0 Å². The van der Waals surface area contributed by atoms with Crippen LogP contribution in [-0.2, 0) is 22.5 Å². The van der Waals surface area contributed by atoms with Gasteiger partial charge >= 0.3 is 5.97 Å². The number of nitrogens with one attached hydrogen (secondary N) is 1. The molecular formula is C25H28N4O4S. The average molecular weight is 481 g/mol.